The predicted octanol–water partition coefficient (Wildman–Crippen LogP) is 2.19. The van der Waals surface area contributed by atoms with Crippen molar-refractivity contribution in [3.8, 4) is 0 Å². The first-order valence-electron chi connectivity index (χ1n) is 7.48. The number of amides is 1. The van der Waals surface area contributed by atoms with Crippen molar-refractivity contribution in [1.29, 1.82) is 0 Å². The first-order chi connectivity index (χ1) is 12.0. The molecule has 8 heteroatoms. The van der Waals surface area contributed by atoms with Crippen LogP contribution in [0.3, 0.4) is 0 Å². The normalized spacial score (nSPS) is 11.2. The second kappa shape index (κ2) is 8.72. The van der Waals surface area contributed by atoms with Crippen LogP contribution in [0.15, 0.2) is 47.5 Å². The van der Waals surface area contributed by atoms with Gasteiger partial charge in [0.05, 0.1) is 5.69 Å². The number of rotatable bonds is 6. The zero-order valence-corrected chi connectivity index (χ0v) is 13.2. The van der Waals surface area contributed by atoms with E-state index >= 15 is 0 Å². The number of guanidine groups is 1. The van der Waals surface area contributed by atoms with Crippen molar-refractivity contribution in [2.45, 2.75) is 6.42 Å². The molecule has 25 heavy (non-hydrogen) atoms. The number of aliphatic imine (C=N–C) groups is 1. The van der Waals surface area contributed by atoms with Crippen LogP contribution in [-0.4, -0.2) is 25.0 Å². The molecule has 4 N–H and O–H groups in total. The van der Waals surface area contributed by atoms with E-state index in [0.29, 0.717) is 6.54 Å². The second-order valence-electron chi connectivity index (χ2n) is 5.13. The van der Waals surface area contributed by atoms with Gasteiger partial charge in [-0.1, -0.05) is 30.3 Å². The van der Waals surface area contributed by atoms with Crippen LogP contribution in [0.5, 0.6) is 0 Å². The van der Waals surface area contributed by atoms with Crippen molar-refractivity contribution in [3.63, 3.8) is 0 Å². The van der Waals surface area contributed by atoms with E-state index in [1.165, 1.54) is 0 Å². The van der Waals surface area contributed by atoms with Crippen molar-refractivity contribution in [1.82, 2.24) is 5.32 Å². The summed E-state index contributed by atoms with van der Waals surface area (Å²) in [7, 11) is 0. The summed E-state index contributed by atoms with van der Waals surface area (Å²) in [5.41, 5.74) is 6.29. The van der Waals surface area contributed by atoms with Crippen LogP contribution in [0.4, 0.5) is 18.9 Å². The third-order valence-electron chi connectivity index (χ3n) is 3.26. The molecule has 0 radical (unpaired) electrons. The topological polar surface area (TPSA) is 79.5 Å². The van der Waals surface area contributed by atoms with E-state index in [1.54, 1.807) is 0 Å². The average Bonchev–Trinajstić information content (AvgIpc) is 2.61. The fourth-order valence-electron chi connectivity index (χ4n) is 2.00. The number of nitrogens with two attached hydrogens (primary N) is 1. The summed E-state index contributed by atoms with van der Waals surface area (Å²) < 4.78 is 39.3. The summed E-state index contributed by atoms with van der Waals surface area (Å²) in [4.78, 5) is 15.5. The highest BCUT2D eigenvalue weighted by Crippen LogP contribution is 2.19. The van der Waals surface area contributed by atoms with Crippen molar-refractivity contribution in [2.24, 2.45) is 10.7 Å². The molecule has 0 spiro atoms. The third-order valence-corrected chi connectivity index (χ3v) is 3.26. The first-order valence-corrected chi connectivity index (χ1v) is 7.48. The minimum atomic E-state index is -1.65. The Labute approximate surface area is 142 Å². The Kier molecular flexibility index (Phi) is 6.39. The van der Waals surface area contributed by atoms with Gasteiger partial charge in [-0.05, 0) is 24.1 Å². The SMILES string of the molecule is NC(=NCC(=O)Nc1ccc(F)c(F)c1F)NCCc1ccccc1. The Morgan fingerprint density at radius 1 is 1.04 bits per heavy atom. The molecule has 0 saturated carbocycles. The third kappa shape index (κ3) is 5.52. The zero-order chi connectivity index (χ0) is 18.2. The van der Waals surface area contributed by atoms with Gasteiger partial charge >= 0.3 is 0 Å². The summed E-state index contributed by atoms with van der Waals surface area (Å²) in [6.45, 7) is 0.140. The van der Waals surface area contributed by atoms with E-state index in [2.05, 4.69) is 15.6 Å². The number of anilines is 1. The van der Waals surface area contributed by atoms with Gasteiger partial charge in [0.25, 0.3) is 0 Å². The van der Waals surface area contributed by atoms with Crippen LogP contribution in [0, 0.1) is 17.5 Å². The van der Waals surface area contributed by atoms with E-state index < -0.39 is 29.0 Å². The number of nitrogens with one attached hydrogen (secondary N) is 2. The Morgan fingerprint density at radius 3 is 2.48 bits per heavy atom. The van der Waals surface area contributed by atoms with E-state index in [-0.39, 0.29) is 12.5 Å². The number of hydrogen-bond acceptors (Lipinski definition) is 2. The molecule has 1 amide bonds. The molecule has 0 aromatic heterocycles. The minimum Gasteiger partial charge on any atom is -0.370 e. The summed E-state index contributed by atoms with van der Waals surface area (Å²) in [5.74, 6) is -5.11. The standard InChI is InChI=1S/C17H17F3N4O/c18-12-6-7-13(16(20)15(12)19)24-14(25)10-23-17(21)22-9-8-11-4-2-1-3-5-11/h1-7H,8-10H2,(H,24,25)(H3,21,22,23). The largest absolute Gasteiger partial charge is 0.370 e. The van der Waals surface area contributed by atoms with Gasteiger partial charge in [-0.2, -0.15) is 0 Å². The zero-order valence-electron chi connectivity index (χ0n) is 13.2. The van der Waals surface area contributed by atoms with Gasteiger partial charge in [-0.3, -0.25) is 4.79 Å². The van der Waals surface area contributed by atoms with Gasteiger partial charge in [0.1, 0.15) is 6.54 Å². The van der Waals surface area contributed by atoms with Gasteiger partial charge < -0.3 is 16.4 Å². The predicted molar refractivity (Wildman–Crippen MR) is 89.6 cm³/mol. The fourth-order valence-corrected chi connectivity index (χ4v) is 2.00. The number of nitrogens with zero attached hydrogens (tertiary/aromatic N) is 1. The Bertz CT molecular complexity index is 766. The van der Waals surface area contributed by atoms with E-state index in [1.807, 2.05) is 30.3 Å². The highest BCUT2D eigenvalue weighted by atomic mass is 19.2. The molecule has 0 bridgehead atoms. The van der Waals surface area contributed by atoms with Gasteiger partial charge in [0, 0.05) is 6.54 Å². The maximum absolute atomic E-state index is 13.4. The first kappa shape index (κ1) is 18.3. The fraction of sp³-hybridized carbons (Fsp3) is 0.176. The van der Waals surface area contributed by atoms with Gasteiger partial charge in [0.15, 0.2) is 23.4 Å². The molecule has 0 unspecified atom stereocenters. The molecule has 2 aromatic rings. The molecule has 2 rings (SSSR count). The molecule has 0 fully saturated rings. The maximum Gasteiger partial charge on any atom is 0.246 e. The lowest BCUT2D eigenvalue weighted by molar-refractivity contribution is -0.114. The summed E-state index contributed by atoms with van der Waals surface area (Å²) in [6, 6.07) is 11.4. The van der Waals surface area contributed by atoms with Crippen molar-refractivity contribution < 1.29 is 18.0 Å². The molecule has 0 aliphatic heterocycles. The molecule has 0 heterocycles. The smallest absolute Gasteiger partial charge is 0.246 e. The molecule has 2 aromatic carbocycles. The minimum absolute atomic E-state index is 0.0526. The lowest BCUT2D eigenvalue weighted by Gasteiger charge is -2.07. The van der Waals surface area contributed by atoms with Crippen LogP contribution < -0.4 is 16.4 Å². The van der Waals surface area contributed by atoms with E-state index in [4.69, 9.17) is 5.73 Å². The van der Waals surface area contributed by atoms with Gasteiger partial charge in [-0.25, -0.2) is 18.2 Å². The average molecular weight is 350 g/mol. The lowest BCUT2D eigenvalue weighted by Crippen LogP contribution is -2.34. The molecule has 0 aliphatic rings. The summed E-state index contributed by atoms with van der Waals surface area (Å²) in [5, 5.41) is 4.95. The highest BCUT2D eigenvalue weighted by Gasteiger charge is 2.14. The van der Waals surface area contributed by atoms with Crippen LogP contribution >= 0.6 is 0 Å². The number of carbonyl (C=O) groups excluding carboxylic acids is 1. The molecule has 0 atom stereocenters. The van der Waals surface area contributed by atoms with Gasteiger partial charge in [0.2, 0.25) is 5.91 Å². The van der Waals surface area contributed by atoms with Crippen molar-refractivity contribution in [2.75, 3.05) is 18.4 Å². The molecule has 5 nitrogen and oxygen atoms in total. The monoisotopic (exact) mass is 350 g/mol. The number of carbonyl (C=O) groups is 1. The maximum atomic E-state index is 13.4. The van der Waals surface area contributed by atoms with Crippen LogP contribution in [0.25, 0.3) is 0 Å². The molecule has 0 aliphatic carbocycles. The molecular weight excluding hydrogens is 333 g/mol. The molecule has 132 valence electrons. The van der Waals surface area contributed by atoms with E-state index in [9.17, 15) is 18.0 Å². The lowest BCUT2D eigenvalue weighted by atomic mass is 10.1. The Balaban J connectivity index is 1.80. The van der Waals surface area contributed by atoms with Crippen molar-refractivity contribution in [3.05, 3.63) is 65.5 Å². The molecular formula is C17H17F3N4O. The number of benzene rings is 2. The van der Waals surface area contributed by atoms with Crippen LogP contribution in [-0.2, 0) is 11.2 Å². The molecule has 0 saturated heterocycles. The quantitative estimate of drug-likeness (QED) is 0.424. The Hall–Kier alpha value is -3.03. The van der Waals surface area contributed by atoms with Gasteiger partial charge in [-0.15, -0.1) is 0 Å². The summed E-state index contributed by atoms with van der Waals surface area (Å²) in [6.07, 6.45) is 0.726. The Morgan fingerprint density at radius 2 is 1.76 bits per heavy atom. The second-order valence-corrected chi connectivity index (χ2v) is 5.13. The highest BCUT2D eigenvalue weighted by molar-refractivity contribution is 5.94. The van der Waals surface area contributed by atoms with Crippen molar-refractivity contribution >= 4 is 17.6 Å². The van der Waals surface area contributed by atoms with E-state index in [0.717, 1.165) is 24.1 Å². The number of hydrogen-bond donors (Lipinski definition) is 3. The summed E-state index contributed by atoms with van der Waals surface area (Å²) >= 11 is 0. The van der Waals surface area contributed by atoms with Crippen LogP contribution in [0.1, 0.15) is 5.56 Å². The van der Waals surface area contributed by atoms with Crippen LogP contribution in [0.2, 0.25) is 0 Å². The number of halogens is 3.